The van der Waals surface area contributed by atoms with Crippen LogP contribution in [0, 0.1) is 17.8 Å². The predicted octanol–water partition coefficient (Wildman–Crippen LogP) is 6.17. The van der Waals surface area contributed by atoms with Gasteiger partial charge in [0.05, 0.1) is 24.7 Å². The van der Waals surface area contributed by atoms with Crippen LogP contribution in [-0.2, 0) is 27.5 Å². The highest BCUT2D eigenvalue weighted by molar-refractivity contribution is 7.90. The monoisotopic (exact) mass is 705 g/mol. The molecule has 1 aromatic heterocycles. The number of halogens is 1. The molecule has 1 fully saturated rings. The maximum atomic E-state index is 13.5. The number of amides is 1. The average Bonchev–Trinajstić information content (AvgIpc) is 3.22. The number of methoxy groups -OCH3 is 1. The zero-order valence-electron chi connectivity index (χ0n) is 28.2. The van der Waals surface area contributed by atoms with Gasteiger partial charge in [0.2, 0.25) is 15.9 Å². The number of rotatable bonds is 2. The summed E-state index contributed by atoms with van der Waals surface area (Å²) in [6.45, 7) is 5.15. The van der Waals surface area contributed by atoms with Crippen LogP contribution in [0.4, 0.5) is 5.69 Å². The first-order chi connectivity index (χ1) is 23.4. The number of aliphatic hydroxyl groups is 1. The van der Waals surface area contributed by atoms with Crippen molar-refractivity contribution in [1.29, 1.82) is 0 Å². The van der Waals surface area contributed by atoms with E-state index in [0.717, 1.165) is 37.8 Å². The van der Waals surface area contributed by atoms with E-state index in [4.69, 9.17) is 21.1 Å². The molecule has 6 atom stereocenters. The van der Waals surface area contributed by atoms with Crippen LogP contribution in [0.25, 0.3) is 0 Å². The Bertz CT molecular complexity index is 1880. The second-order valence-corrected chi connectivity index (χ2v) is 16.9. The molecule has 49 heavy (non-hydrogen) atoms. The van der Waals surface area contributed by atoms with Gasteiger partial charge in [-0.15, -0.1) is 0 Å². The van der Waals surface area contributed by atoms with Crippen LogP contribution in [0.3, 0.4) is 0 Å². The van der Waals surface area contributed by atoms with E-state index in [-0.39, 0.29) is 28.7 Å². The number of carbonyl (C=O) groups excluding carboxylic acids is 1. The fourth-order valence-corrected chi connectivity index (χ4v) is 9.80. The fourth-order valence-electron chi connectivity index (χ4n) is 8.32. The summed E-state index contributed by atoms with van der Waals surface area (Å²) in [5.41, 5.74) is 2.44. The van der Waals surface area contributed by atoms with Crippen LogP contribution in [0.1, 0.15) is 73.0 Å². The minimum Gasteiger partial charge on any atom is -0.490 e. The molecule has 0 radical (unpaired) electrons. The van der Waals surface area contributed by atoms with Crippen molar-refractivity contribution in [2.24, 2.45) is 17.8 Å². The number of allylic oxidation sites excluding steroid dienone is 1. The Morgan fingerprint density at radius 1 is 1.12 bits per heavy atom. The molecule has 0 saturated heterocycles. The molecular formula is C38H44ClN3O6S. The minimum atomic E-state index is -4.01. The minimum absolute atomic E-state index is 0.107. The maximum absolute atomic E-state index is 13.5. The Labute approximate surface area is 293 Å². The van der Waals surface area contributed by atoms with E-state index < -0.39 is 26.8 Å². The number of aromatic nitrogens is 1. The number of nitrogens with one attached hydrogen (secondary N) is 1. The van der Waals surface area contributed by atoms with E-state index in [2.05, 4.69) is 26.7 Å². The lowest BCUT2D eigenvalue weighted by Gasteiger charge is -2.49. The lowest BCUT2D eigenvalue weighted by molar-refractivity contribution is -0.0502. The maximum Gasteiger partial charge on any atom is 0.264 e. The van der Waals surface area contributed by atoms with Crippen molar-refractivity contribution in [2.75, 3.05) is 31.7 Å². The Kier molecular flexibility index (Phi) is 8.94. The van der Waals surface area contributed by atoms with E-state index in [1.54, 1.807) is 44.5 Å². The van der Waals surface area contributed by atoms with Gasteiger partial charge in [0, 0.05) is 52.8 Å². The summed E-state index contributed by atoms with van der Waals surface area (Å²) in [6, 6.07) is 14.9. The number of aryl methyl sites for hydroxylation is 1. The first-order valence-corrected chi connectivity index (χ1v) is 19.1. The lowest BCUT2D eigenvalue weighted by atomic mass is 9.62. The molecule has 260 valence electrons. The Morgan fingerprint density at radius 3 is 2.69 bits per heavy atom. The van der Waals surface area contributed by atoms with Gasteiger partial charge in [-0.3, -0.25) is 4.79 Å². The van der Waals surface area contributed by atoms with Gasteiger partial charge in [0.15, 0.2) is 0 Å². The standard InChI is InChI=1S/C38H44ClN3O6S/c1-24-6-4-17-38(44,29-10-15-35(47-3)40-20-29)32-12-8-28(32)21-42-22-37(16-5-7-26-18-30(39)11-13-31(26)37)23-48-34-14-9-27(19-33(34)42)36(43)41-49(45,46)25(24)2/h4,9-11,13-15,17-20,24-25,28,32,44H,5-8,12,16,21-23H2,1-3H3,(H,41,43)/b17-4-/t24-,25+,28-,32+,37-,38+/m0/s1. The number of pyridine rings is 1. The molecule has 2 N–H and O–H groups in total. The number of nitrogens with zero attached hydrogens (tertiary/aromatic N) is 2. The van der Waals surface area contributed by atoms with Crippen LogP contribution in [-0.4, -0.2) is 56.5 Å². The van der Waals surface area contributed by atoms with Crippen molar-refractivity contribution in [3.63, 3.8) is 0 Å². The lowest BCUT2D eigenvalue weighted by Crippen LogP contribution is -2.51. The average molecular weight is 706 g/mol. The van der Waals surface area contributed by atoms with Crippen LogP contribution in [0.5, 0.6) is 11.6 Å². The highest BCUT2D eigenvalue weighted by Gasteiger charge is 2.49. The first kappa shape index (κ1) is 33.9. The van der Waals surface area contributed by atoms with Crippen LogP contribution >= 0.6 is 11.6 Å². The van der Waals surface area contributed by atoms with Crippen molar-refractivity contribution >= 4 is 33.2 Å². The molecule has 1 saturated carbocycles. The molecule has 4 aliphatic rings. The number of anilines is 1. The number of benzene rings is 2. The predicted molar refractivity (Wildman–Crippen MR) is 190 cm³/mol. The molecular weight excluding hydrogens is 662 g/mol. The van der Waals surface area contributed by atoms with E-state index in [0.29, 0.717) is 48.3 Å². The van der Waals surface area contributed by atoms with E-state index in [1.165, 1.54) is 11.1 Å². The molecule has 0 unspecified atom stereocenters. The van der Waals surface area contributed by atoms with E-state index in [1.807, 2.05) is 31.2 Å². The van der Waals surface area contributed by atoms with Gasteiger partial charge in [0.1, 0.15) is 11.4 Å². The van der Waals surface area contributed by atoms with Crippen LogP contribution in [0.2, 0.25) is 5.02 Å². The number of fused-ring (bicyclic) bond motifs is 4. The molecule has 2 aromatic carbocycles. The van der Waals surface area contributed by atoms with E-state index in [9.17, 15) is 18.3 Å². The van der Waals surface area contributed by atoms with Gasteiger partial charge in [-0.25, -0.2) is 18.1 Å². The topological polar surface area (TPSA) is 118 Å². The summed E-state index contributed by atoms with van der Waals surface area (Å²) in [5.74, 6) is 0.0896. The summed E-state index contributed by atoms with van der Waals surface area (Å²) >= 11 is 6.45. The molecule has 9 nitrogen and oxygen atoms in total. The molecule has 3 heterocycles. The first-order valence-electron chi connectivity index (χ1n) is 17.2. The van der Waals surface area contributed by atoms with Crippen molar-refractivity contribution in [3.8, 4) is 11.6 Å². The third kappa shape index (κ3) is 6.21. The third-order valence-electron chi connectivity index (χ3n) is 11.6. The molecule has 2 bridgehead atoms. The van der Waals surface area contributed by atoms with Crippen molar-refractivity contribution < 1.29 is 27.8 Å². The Balaban J connectivity index is 1.34. The zero-order chi connectivity index (χ0) is 34.6. The van der Waals surface area contributed by atoms with Gasteiger partial charge < -0.3 is 19.5 Å². The quantitative estimate of drug-likeness (QED) is 0.304. The van der Waals surface area contributed by atoms with Gasteiger partial charge in [-0.1, -0.05) is 36.7 Å². The van der Waals surface area contributed by atoms with Crippen molar-refractivity contribution in [1.82, 2.24) is 9.71 Å². The Hall–Kier alpha value is -3.60. The van der Waals surface area contributed by atoms with Crippen molar-refractivity contribution in [3.05, 3.63) is 94.2 Å². The van der Waals surface area contributed by atoms with Gasteiger partial charge in [0.25, 0.3) is 5.91 Å². The SMILES string of the molecule is COc1ccc([C@]2(O)/C=C\C[C@H](C)[C@@H](C)S(=O)(=O)NC(=O)c3ccc4c(c3)N(C[C@@H]3CC[C@H]32)C[C@@]2(CCCc3cc(Cl)ccc32)CO4)cn1. The van der Waals surface area contributed by atoms with Gasteiger partial charge >= 0.3 is 0 Å². The number of ether oxygens (including phenoxy) is 2. The zero-order valence-corrected chi connectivity index (χ0v) is 29.8. The molecule has 3 aromatic rings. The van der Waals surface area contributed by atoms with Gasteiger partial charge in [-0.2, -0.15) is 0 Å². The smallest absolute Gasteiger partial charge is 0.264 e. The summed E-state index contributed by atoms with van der Waals surface area (Å²) in [6.07, 6.45) is 10.4. The normalized spacial score (nSPS) is 31.6. The van der Waals surface area contributed by atoms with Crippen LogP contribution in [0.15, 0.2) is 66.9 Å². The largest absolute Gasteiger partial charge is 0.490 e. The number of sulfonamides is 1. The summed E-state index contributed by atoms with van der Waals surface area (Å²) < 4.78 is 41.2. The number of carbonyl (C=O) groups is 1. The Morgan fingerprint density at radius 2 is 1.96 bits per heavy atom. The van der Waals surface area contributed by atoms with Crippen molar-refractivity contribution in [2.45, 2.75) is 68.6 Å². The highest BCUT2D eigenvalue weighted by atomic mass is 35.5. The fraction of sp³-hybridized carbons (Fsp3) is 0.474. The second-order valence-electron chi connectivity index (χ2n) is 14.4. The highest BCUT2D eigenvalue weighted by Crippen LogP contribution is 2.51. The second kappa shape index (κ2) is 12.9. The van der Waals surface area contributed by atoms with E-state index >= 15 is 0 Å². The van der Waals surface area contributed by atoms with Gasteiger partial charge in [-0.05, 0) is 105 Å². The molecule has 7 rings (SSSR count). The molecule has 11 heteroatoms. The molecule has 1 spiro atoms. The molecule has 2 aliphatic heterocycles. The number of hydrogen-bond acceptors (Lipinski definition) is 8. The number of hydrogen-bond donors (Lipinski definition) is 2. The van der Waals surface area contributed by atoms with Crippen LogP contribution < -0.4 is 19.1 Å². The summed E-state index contributed by atoms with van der Waals surface area (Å²) in [4.78, 5) is 20.3. The third-order valence-corrected chi connectivity index (χ3v) is 13.7. The summed E-state index contributed by atoms with van der Waals surface area (Å²) in [7, 11) is -2.45. The molecule has 2 aliphatic carbocycles. The summed E-state index contributed by atoms with van der Waals surface area (Å²) in [5, 5.41) is 12.5. The molecule has 1 amide bonds.